The van der Waals surface area contributed by atoms with Crippen molar-refractivity contribution in [2.24, 2.45) is 0 Å². The molecule has 152 valence electrons. The minimum absolute atomic E-state index is 0.140. The molecule has 0 unspecified atom stereocenters. The first kappa shape index (κ1) is 19.1. The molecule has 0 saturated heterocycles. The van der Waals surface area contributed by atoms with Crippen molar-refractivity contribution in [2.45, 2.75) is 13.3 Å². The van der Waals surface area contributed by atoms with Crippen molar-refractivity contribution in [3.63, 3.8) is 0 Å². The third-order valence-electron chi connectivity index (χ3n) is 4.86. The molecule has 0 spiro atoms. The molecule has 0 aliphatic carbocycles. The Morgan fingerprint density at radius 3 is 2.87 bits per heavy atom. The zero-order valence-corrected chi connectivity index (χ0v) is 17.5. The summed E-state index contributed by atoms with van der Waals surface area (Å²) in [5.41, 5.74) is 5.74. The molecule has 0 atom stereocenters. The lowest BCUT2D eigenvalue weighted by molar-refractivity contribution is -0.115. The Bertz CT molecular complexity index is 1370. The number of nitrogens with zero attached hydrogens (tertiary/aromatic N) is 3. The number of rotatable bonds is 5. The van der Waals surface area contributed by atoms with E-state index in [1.165, 1.54) is 0 Å². The maximum Gasteiger partial charge on any atom is 0.230 e. The number of hydrogen-bond acceptors (Lipinski definition) is 6. The molecule has 0 fully saturated rings. The van der Waals surface area contributed by atoms with Crippen molar-refractivity contribution in [1.82, 2.24) is 15.1 Å². The van der Waals surface area contributed by atoms with E-state index in [0.717, 1.165) is 32.9 Å². The highest BCUT2D eigenvalue weighted by molar-refractivity contribution is 7.13. The number of carbonyl (C=O) groups excluding carboxylic acids is 1. The van der Waals surface area contributed by atoms with Crippen LogP contribution in [0.5, 0.6) is 0 Å². The largest absolute Gasteiger partial charge is 0.356 e. The van der Waals surface area contributed by atoms with Gasteiger partial charge in [-0.25, -0.2) is 4.98 Å². The summed E-state index contributed by atoms with van der Waals surface area (Å²) in [5.74, 6) is -0.152. The van der Waals surface area contributed by atoms with Crippen LogP contribution in [0.15, 0.2) is 76.8 Å². The van der Waals surface area contributed by atoms with Crippen molar-refractivity contribution in [2.75, 3.05) is 5.32 Å². The normalized spacial score (nSPS) is 11.0. The Morgan fingerprint density at radius 2 is 2.00 bits per heavy atom. The van der Waals surface area contributed by atoms with Crippen molar-refractivity contribution in [3.05, 3.63) is 83.5 Å². The number of pyridine rings is 1. The van der Waals surface area contributed by atoms with Crippen LogP contribution in [0.4, 0.5) is 5.69 Å². The van der Waals surface area contributed by atoms with Crippen LogP contribution in [0.2, 0.25) is 0 Å². The summed E-state index contributed by atoms with van der Waals surface area (Å²) in [6.07, 6.45) is 1.90. The molecule has 5 aromatic rings. The standard InChI is InChI=1S/C24H18N4O2S/c1-15-8-9-22-18(11-15)20(28-30-22)13-23(29)26-17-6-4-5-16(12-17)21-14-31-24(27-21)19-7-2-3-10-25-19/h2-12,14H,13H2,1H3,(H,26,29). The number of anilines is 1. The summed E-state index contributed by atoms with van der Waals surface area (Å²) >= 11 is 1.54. The van der Waals surface area contributed by atoms with E-state index < -0.39 is 0 Å². The highest BCUT2D eigenvalue weighted by atomic mass is 32.1. The van der Waals surface area contributed by atoms with Crippen LogP contribution in [0, 0.1) is 6.92 Å². The first-order chi connectivity index (χ1) is 15.2. The fourth-order valence-electron chi connectivity index (χ4n) is 3.36. The molecule has 0 saturated carbocycles. The number of aryl methyl sites for hydroxylation is 1. The van der Waals surface area contributed by atoms with Crippen LogP contribution in [-0.2, 0) is 11.2 Å². The summed E-state index contributed by atoms with van der Waals surface area (Å²) in [7, 11) is 0. The summed E-state index contributed by atoms with van der Waals surface area (Å²) in [6.45, 7) is 2.00. The van der Waals surface area contributed by atoms with Gasteiger partial charge in [-0.1, -0.05) is 35.0 Å². The predicted molar refractivity (Wildman–Crippen MR) is 122 cm³/mol. The maximum atomic E-state index is 12.6. The van der Waals surface area contributed by atoms with Gasteiger partial charge in [0.15, 0.2) is 5.58 Å². The van der Waals surface area contributed by atoms with E-state index in [0.29, 0.717) is 17.0 Å². The molecule has 3 aromatic heterocycles. The van der Waals surface area contributed by atoms with Crippen LogP contribution in [0.25, 0.3) is 32.9 Å². The number of fused-ring (bicyclic) bond motifs is 1. The van der Waals surface area contributed by atoms with Crippen LogP contribution in [0.1, 0.15) is 11.3 Å². The lowest BCUT2D eigenvalue weighted by Gasteiger charge is -2.06. The van der Waals surface area contributed by atoms with Crippen molar-refractivity contribution in [1.29, 1.82) is 0 Å². The molecular formula is C24H18N4O2S. The first-order valence-electron chi connectivity index (χ1n) is 9.78. The van der Waals surface area contributed by atoms with Crippen molar-refractivity contribution < 1.29 is 9.32 Å². The van der Waals surface area contributed by atoms with Crippen LogP contribution in [0.3, 0.4) is 0 Å². The van der Waals surface area contributed by atoms with E-state index >= 15 is 0 Å². The Hall–Kier alpha value is -3.84. The van der Waals surface area contributed by atoms with Gasteiger partial charge in [0.2, 0.25) is 5.91 Å². The van der Waals surface area contributed by atoms with Crippen LogP contribution >= 0.6 is 11.3 Å². The maximum absolute atomic E-state index is 12.6. The molecule has 7 heteroatoms. The molecule has 3 heterocycles. The van der Waals surface area contributed by atoms with Gasteiger partial charge in [0.05, 0.1) is 17.8 Å². The van der Waals surface area contributed by atoms with Gasteiger partial charge in [0, 0.05) is 28.2 Å². The second-order valence-corrected chi connectivity index (χ2v) is 8.05. The number of thiazole rings is 1. The fourth-order valence-corrected chi connectivity index (χ4v) is 4.16. The Labute approximate surface area is 182 Å². The highest BCUT2D eigenvalue weighted by Gasteiger charge is 2.14. The lowest BCUT2D eigenvalue weighted by Crippen LogP contribution is -2.14. The van der Waals surface area contributed by atoms with Gasteiger partial charge < -0.3 is 9.84 Å². The summed E-state index contributed by atoms with van der Waals surface area (Å²) in [5, 5.41) is 10.7. The molecule has 0 aliphatic heterocycles. The molecule has 0 bridgehead atoms. The summed E-state index contributed by atoms with van der Waals surface area (Å²) in [6, 6.07) is 19.2. The molecule has 0 aliphatic rings. The molecule has 0 radical (unpaired) electrons. The predicted octanol–water partition coefficient (Wildman–Crippen LogP) is 5.50. The van der Waals surface area contributed by atoms with Gasteiger partial charge in [-0.2, -0.15) is 0 Å². The minimum Gasteiger partial charge on any atom is -0.356 e. The third-order valence-corrected chi connectivity index (χ3v) is 5.72. The van der Waals surface area contributed by atoms with Crippen LogP contribution in [-0.4, -0.2) is 21.0 Å². The smallest absolute Gasteiger partial charge is 0.230 e. The first-order valence-corrected chi connectivity index (χ1v) is 10.7. The molecule has 6 nitrogen and oxygen atoms in total. The van der Waals surface area contributed by atoms with Gasteiger partial charge in [-0.15, -0.1) is 11.3 Å². The highest BCUT2D eigenvalue weighted by Crippen LogP contribution is 2.29. The average molecular weight is 427 g/mol. The number of hydrogen-bond donors (Lipinski definition) is 1. The molecule has 5 rings (SSSR count). The quantitative estimate of drug-likeness (QED) is 0.401. The van der Waals surface area contributed by atoms with Crippen molar-refractivity contribution in [3.8, 4) is 22.0 Å². The number of aromatic nitrogens is 3. The zero-order chi connectivity index (χ0) is 21.2. The van der Waals surface area contributed by atoms with Crippen molar-refractivity contribution >= 4 is 33.9 Å². The van der Waals surface area contributed by atoms with Crippen LogP contribution < -0.4 is 5.32 Å². The topological polar surface area (TPSA) is 80.9 Å². The molecular weight excluding hydrogens is 408 g/mol. The monoisotopic (exact) mass is 426 g/mol. The van der Waals surface area contributed by atoms with E-state index in [4.69, 9.17) is 9.51 Å². The molecule has 2 aromatic carbocycles. The number of nitrogens with one attached hydrogen (secondary N) is 1. The molecule has 31 heavy (non-hydrogen) atoms. The SMILES string of the molecule is Cc1ccc2onc(CC(=O)Nc3cccc(-c4csc(-c5ccccn5)n4)c3)c2c1. The Kier molecular flexibility index (Phi) is 5.01. The van der Waals surface area contributed by atoms with E-state index in [1.54, 1.807) is 17.5 Å². The van der Waals surface area contributed by atoms with E-state index in [-0.39, 0.29) is 12.3 Å². The third kappa shape index (κ3) is 4.08. The van der Waals surface area contributed by atoms with Gasteiger partial charge in [-0.05, 0) is 43.3 Å². The van der Waals surface area contributed by atoms with Gasteiger partial charge >= 0.3 is 0 Å². The Balaban J connectivity index is 1.33. The fraction of sp³-hybridized carbons (Fsp3) is 0.0833. The van der Waals surface area contributed by atoms with Gasteiger partial charge in [0.25, 0.3) is 0 Å². The van der Waals surface area contributed by atoms with Gasteiger partial charge in [-0.3, -0.25) is 9.78 Å². The van der Waals surface area contributed by atoms with E-state index in [2.05, 4.69) is 15.5 Å². The number of benzene rings is 2. The average Bonchev–Trinajstić information content (AvgIpc) is 3.42. The minimum atomic E-state index is -0.152. The molecule has 1 N–H and O–H groups in total. The van der Waals surface area contributed by atoms with E-state index in [9.17, 15) is 4.79 Å². The lowest BCUT2D eigenvalue weighted by atomic mass is 10.1. The molecule has 1 amide bonds. The summed E-state index contributed by atoms with van der Waals surface area (Å²) < 4.78 is 5.33. The second-order valence-electron chi connectivity index (χ2n) is 7.19. The Morgan fingerprint density at radius 1 is 1.06 bits per heavy atom. The number of carbonyl (C=O) groups is 1. The summed E-state index contributed by atoms with van der Waals surface area (Å²) in [4.78, 5) is 21.7. The second kappa shape index (κ2) is 8.12. The van der Waals surface area contributed by atoms with E-state index in [1.807, 2.05) is 73.0 Å². The number of amides is 1. The van der Waals surface area contributed by atoms with Gasteiger partial charge in [0.1, 0.15) is 10.7 Å². The zero-order valence-electron chi connectivity index (χ0n) is 16.7.